The molecule has 10 heteroatoms. The molecule has 1 amide bonds. The Morgan fingerprint density at radius 1 is 1.23 bits per heavy atom. The number of anilines is 2. The number of aromatic nitrogens is 2. The molecule has 1 aromatic heterocycles. The predicted molar refractivity (Wildman–Crippen MR) is 155 cm³/mol. The van der Waals surface area contributed by atoms with E-state index in [0.29, 0.717) is 39.9 Å². The van der Waals surface area contributed by atoms with Crippen LogP contribution in [0.3, 0.4) is 0 Å². The van der Waals surface area contributed by atoms with Crippen LogP contribution in [0.25, 0.3) is 6.08 Å². The zero-order valence-corrected chi connectivity index (χ0v) is 22.9. The van der Waals surface area contributed by atoms with Crippen LogP contribution in [0.4, 0.5) is 10.8 Å². The summed E-state index contributed by atoms with van der Waals surface area (Å²) in [6.45, 7) is 1.97. The van der Waals surface area contributed by atoms with E-state index in [2.05, 4.69) is 21.6 Å². The first-order valence-corrected chi connectivity index (χ1v) is 14.3. The summed E-state index contributed by atoms with van der Waals surface area (Å²) in [6.07, 6.45) is 5.55. The van der Waals surface area contributed by atoms with Crippen LogP contribution in [0.2, 0.25) is 0 Å². The summed E-state index contributed by atoms with van der Waals surface area (Å²) in [4.78, 5) is 27.3. The lowest BCUT2D eigenvalue weighted by Gasteiger charge is -2.37. The Morgan fingerprint density at radius 3 is 2.82 bits per heavy atom. The number of hydrogen-bond acceptors (Lipinski definition) is 9. The number of thioether (sulfide) groups is 1. The van der Waals surface area contributed by atoms with E-state index >= 15 is 0 Å². The fraction of sp³-hybridized carbons (Fsp3) is 0.207. The molecule has 196 valence electrons. The molecule has 1 aliphatic carbocycles. The Morgan fingerprint density at radius 2 is 2.05 bits per heavy atom. The number of allylic oxidation sites excluding steroid dienone is 4. The lowest BCUT2D eigenvalue weighted by atomic mass is 9.79. The van der Waals surface area contributed by atoms with E-state index in [4.69, 9.17) is 5.73 Å². The van der Waals surface area contributed by atoms with Crippen LogP contribution >= 0.6 is 23.1 Å². The van der Waals surface area contributed by atoms with E-state index in [1.807, 2.05) is 73.7 Å². The molecule has 1 atom stereocenters. The fourth-order valence-corrected chi connectivity index (χ4v) is 6.39. The van der Waals surface area contributed by atoms with Gasteiger partial charge in [0.25, 0.3) is 0 Å². The molecule has 1 aliphatic heterocycles. The summed E-state index contributed by atoms with van der Waals surface area (Å²) < 4.78 is 0.589. The number of nitriles is 1. The minimum atomic E-state index is -0.527. The first kappa shape index (κ1) is 26.4. The standard InChI is InChI=1S/C29H26N6O2S2/c1-18-7-5-10-20(15-18)32-25(37)17-38-29-34-33-28(39-29)35-23-11-6-12-24(36)26(23)21(22(16-30)27(35)31)14-13-19-8-3-2-4-9-19/h2-5,7-10,13-15,21H,6,11-12,17,31H2,1H3,(H,32,37)/b14-13+. The first-order valence-electron chi connectivity index (χ1n) is 12.5. The Labute approximate surface area is 234 Å². The third-order valence-corrected chi connectivity index (χ3v) is 8.50. The zero-order chi connectivity index (χ0) is 27.4. The molecule has 1 unspecified atom stereocenters. The molecule has 0 saturated carbocycles. The maximum Gasteiger partial charge on any atom is 0.234 e. The predicted octanol–water partition coefficient (Wildman–Crippen LogP) is 5.43. The third-order valence-electron chi connectivity index (χ3n) is 6.45. The smallest absolute Gasteiger partial charge is 0.234 e. The van der Waals surface area contributed by atoms with Crippen molar-refractivity contribution in [3.63, 3.8) is 0 Å². The van der Waals surface area contributed by atoms with E-state index in [1.54, 1.807) is 4.90 Å². The normalized spacial score (nSPS) is 17.4. The number of carbonyl (C=O) groups is 2. The van der Waals surface area contributed by atoms with Crippen LogP contribution in [-0.2, 0) is 9.59 Å². The molecule has 2 heterocycles. The highest BCUT2D eigenvalue weighted by molar-refractivity contribution is 8.01. The van der Waals surface area contributed by atoms with Gasteiger partial charge in [-0.05, 0) is 43.0 Å². The molecular weight excluding hydrogens is 528 g/mol. The second-order valence-electron chi connectivity index (χ2n) is 9.19. The van der Waals surface area contributed by atoms with Crippen molar-refractivity contribution in [2.24, 2.45) is 11.7 Å². The van der Waals surface area contributed by atoms with E-state index < -0.39 is 5.92 Å². The largest absolute Gasteiger partial charge is 0.384 e. The monoisotopic (exact) mass is 554 g/mol. The van der Waals surface area contributed by atoms with Crippen molar-refractivity contribution in [1.82, 2.24) is 10.2 Å². The molecule has 2 aliphatic rings. The van der Waals surface area contributed by atoms with Crippen LogP contribution in [0.1, 0.15) is 30.4 Å². The van der Waals surface area contributed by atoms with Crippen LogP contribution in [0.5, 0.6) is 0 Å². The molecule has 0 saturated heterocycles. The SMILES string of the molecule is Cc1cccc(NC(=O)CSc2nnc(N3C(N)=C(C#N)C(/C=C/c4ccccc4)C4=C3CCCC4=O)s2)c1. The quantitative estimate of drug-likeness (QED) is 0.371. The number of nitrogens with two attached hydrogens (primary N) is 1. The average molecular weight is 555 g/mol. The van der Waals surface area contributed by atoms with E-state index in [1.165, 1.54) is 23.1 Å². The molecule has 8 nitrogen and oxygen atoms in total. The van der Waals surface area contributed by atoms with Crippen LogP contribution in [0.15, 0.2) is 87.7 Å². The van der Waals surface area contributed by atoms with Gasteiger partial charge >= 0.3 is 0 Å². The van der Waals surface area contributed by atoms with Gasteiger partial charge in [0.15, 0.2) is 10.1 Å². The van der Waals surface area contributed by atoms with Gasteiger partial charge < -0.3 is 11.1 Å². The molecule has 0 bridgehead atoms. The van der Waals surface area contributed by atoms with Crippen molar-refractivity contribution in [2.75, 3.05) is 16.0 Å². The number of nitrogens with one attached hydrogen (secondary N) is 1. The van der Waals surface area contributed by atoms with Gasteiger partial charge in [-0.15, -0.1) is 10.2 Å². The van der Waals surface area contributed by atoms with Crippen LogP contribution in [0, 0.1) is 24.2 Å². The van der Waals surface area contributed by atoms with Crippen LogP contribution < -0.4 is 16.0 Å². The highest BCUT2D eigenvalue weighted by Gasteiger charge is 2.39. The Hall–Kier alpha value is -4.20. The molecule has 0 radical (unpaired) electrons. The molecule has 2 aromatic carbocycles. The summed E-state index contributed by atoms with van der Waals surface area (Å²) in [5.74, 6) is -0.255. The van der Waals surface area contributed by atoms with Gasteiger partial charge in [0.05, 0.1) is 17.4 Å². The van der Waals surface area contributed by atoms with Gasteiger partial charge in [0, 0.05) is 29.3 Å². The summed E-state index contributed by atoms with van der Waals surface area (Å²) in [5.41, 5.74) is 11.0. The molecule has 39 heavy (non-hydrogen) atoms. The molecule has 3 N–H and O–H groups in total. The number of amides is 1. The van der Waals surface area contributed by atoms with Crippen molar-refractivity contribution in [3.8, 4) is 6.07 Å². The van der Waals surface area contributed by atoms with Crippen molar-refractivity contribution in [3.05, 3.63) is 94.5 Å². The molecule has 0 spiro atoms. The minimum Gasteiger partial charge on any atom is -0.384 e. The molecule has 3 aromatic rings. The number of aryl methyl sites for hydroxylation is 1. The maximum atomic E-state index is 13.2. The number of ketones is 1. The summed E-state index contributed by atoms with van der Waals surface area (Å²) >= 11 is 2.55. The third kappa shape index (κ3) is 5.79. The van der Waals surface area contributed by atoms with Crippen molar-refractivity contribution >= 4 is 51.7 Å². The number of rotatable bonds is 7. The average Bonchev–Trinajstić information content (AvgIpc) is 3.39. The zero-order valence-electron chi connectivity index (χ0n) is 21.3. The van der Waals surface area contributed by atoms with Crippen molar-refractivity contribution in [2.45, 2.75) is 30.5 Å². The molecule has 5 rings (SSSR count). The van der Waals surface area contributed by atoms with Crippen LogP contribution in [-0.4, -0.2) is 27.6 Å². The first-order chi connectivity index (χ1) is 18.9. The van der Waals surface area contributed by atoms with Gasteiger partial charge in [-0.2, -0.15) is 5.26 Å². The van der Waals surface area contributed by atoms with Crippen molar-refractivity contribution < 1.29 is 9.59 Å². The maximum absolute atomic E-state index is 13.2. The highest BCUT2D eigenvalue weighted by Crippen LogP contribution is 2.44. The summed E-state index contributed by atoms with van der Waals surface area (Å²) in [7, 11) is 0. The summed E-state index contributed by atoms with van der Waals surface area (Å²) in [6, 6.07) is 19.6. The number of nitrogens with zero attached hydrogens (tertiary/aromatic N) is 4. The van der Waals surface area contributed by atoms with E-state index in [0.717, 1.165) is 22.5 Å². The van der Waals surface area contributed by atoms with E-state index in [-0.39, 0.29) is 23.3 Å². The van der Waals surface area contributed by atoms with Crippen molar-refractivity contribution in [1.29, 1.82) is 5.26 Å². The molecular formula is C29H26N6O2S2. The highest BCUT2D eigenvalue weighted by atomic mass is 32.2. The lowest BCUT2D eigenvalue weighted by molar-refractivity contribution is -0.116. The minimum absolute atomic E-state index is 0.0103. The number of benzene rings is 2. The Balaban J connectivity index is 1.39. The molecule has 0 fully saturated rings. The van der Waals surface area contributed by atoms with Gasteiger partial charge in [-0.25, -0.2) is 0 Å². The summed E-state index contributed by atoms with van der Waals surface area (Å²) in [5, 5.41) is 22.0. The second kappa shape index (κ2) is 11.7. The fourth-order valence-electron chi connectivity index (χ4n) is 4.71. The topological polar surface area (TPSA) is 125 Å². The van der Waals surface area contributed by atoms with Gasteiger partial charge in [-0.1, -0.05) is 77.7 Å². The Bertz CT molecular complexity index is 1550. The van der Waals surface area contributed by atoms with E-state index in [9.17, 15) is 14.9 Å². The van der Waals surface area contributed by atoms with Gasteiger partial charge in [0.2, 0.25) is 11.0 Å². The number of Topliss-reactive ketones (excluding diaryl/α,β-unsaturated/α-hetero) is 1. The lowest BCUT2D eigenvalue weighted by Crippen LogP contribution is -2.39. The van der Waals surface area contributed by atoms with Gasteiger partial charge in [-0.3, -0.25) is 14.5 Å². The second-order valence-corrected chi connectivity index (χ2v) is 11.4. The number of hydrogen-bond donors (Lipinski definition) is 2. The number of carbonyl (C=O) groups excluding carboxylic acids is 2. The Kier molecular flexibility index (Phi) is 7.91. The van der Waals surface area contributed by atoms with Gasteiger partial charge in [0.1, 0.15) is 5.82 Å².